The van der Waals surface area contributed by atoms with E-state index in [0.717, 1.165) is 12.0 Å². The van der Waals surface area contributed by atoms with E-state index in [4.69, 9.17) is 0 Å². The Morgan fingerprint density at radius 1 is 0.900 bits per heavy atom. The van der Waals surface area contributed by atoms with Crippen molar-refractivity contribution in [2.45, 2.75) is 38.5 Å². The summed E-state index contributed by atoms with van der Waals surface area (Å²) >= 11 is 0. The molecule has 2 aromatic rings. The van der Waals surface area contributed by atoms with Gasteiger partial charge < -0.3 is 10.4 Å². The van der Waals surface area contributed by atoms with Crippen molar-refractivity contribution in [3.63, 3.8) is 0 Å². The molecule has 0 saturated heterocycles. The van der Waals surface area contributed by atoms with E-state index in [0.29, 0.717) is 0 Å². The Kier molecular flexibility index (Phi) is 5.33. The third-order valence-corrected chi connectivity index (χ3v) is 3.73. The van der Waals surface area contributed by atoms with Crippen molar-refractivity contribution in [1.29, 1.82) is 0 Å². The van der Waals surface area contributed by atoms with Crippen LogP contribution in [0.1, 0.15) is 43.5 Å². The lowest BCUT2D eigenvalue weighted by Gasteiger charge is -2.27. The number of benzene rings is 2. The zero-order chi connectivity index (χ0) is 14.4. The largest absolute Gasteiger partial charge is 0.387 e. The maximum atomic E-state index is 10.5. The molecular formula is C18H23NO. The van der Waals surface area contributed by atoms with E-state index in [1.54, 1.807) is 0 Å². The van der Waals surface area contributed by atoms with Crippen molar-refractivity contribution >= 4 is 0 Å². The Hall–Kier alpha value is -1.64. The van der Waals surface area contributed by atoms with Crippen LogP contribution in [0.2, 0.25) is 0 Å². The van der Waals surface area contributed by atoms with E-state index < -0.39 is 6.10 Å². The topological polar surface area (TPSA) is 32.3 Å². The summed E-state index contributed by atoms with van der Waals surface area (Å²) in [4.78, 5) is 0. The average molecular weight is 269 g/mol. The molecule has 0 fully saturated rings. The molecule has 2 rings (SSSR count). The molecule has 106 valence electrons. The molecule has 0 aliphatic heterocycles. The van der Waals surface area contributed by atoms with Gasteiger partial charge in [-0.2, -0.15) is 0 Å². The van der Waals surface area contributed by atoms with Crippen LogP contribution in [-0.4, -0.2) is 11.1 Å². The van der Waals surface area contributed by atoms with Crippen molar-refractivity contribution in [3.8, 4) is 0 Å². The first-order valence-corrected chi connectivity index (χ1v) is 7.26. The average Bonchev–Trinajstić information content (AvgIpc) is 2.53. The normalized spacial score (nSPS) is 15.6. The van der Waals surface area contributed by atoms with Gasteiger partial charge in [0.05, 0.1) is 6.10 Å². The third kappa shape index (κ3) is 3.69. The van der Waals surface area contributed by atoms with Gasteiger partial charge in [-0.15, -0.1) is 0 Å². The van der Waals surface area contributed by atoms with E-state index in [9.17, 15) is 5.11 Å². The molecule has 0 radical (unpaired) electrons. The predicted octanol–water partition coefficient (Wildman–Crippen LogP) is 3.85. The zero-order valence-corrected chi connectivity index (χ0v) is 12.2. The first-order chi connectivity index (χ1) is 9.72. The third-order valence-electron chi connectivity index (χ3n) is 3.73. The van der Waals surface area contributed by atoms with Crippen molar-refractivity contribution in [3.05, 3.63) is 71.8 Å². The molecule has 0 aromatic heterocycles. The zero-order valence-electron chi connectivity index (χ0n) is 12.2. The Labute approximate surface area is 121 Å². The Morgan fingerprint density at radius 3 is 1.90 bits per heavy atom. The van der Waals surface area contributed by atoms with Crippen LogP contribution >= 0.6 is 0 Å². The molecule has 0 heterocycles. The fourth-order valence-electron chi connectivity index (χ4n) is 2.47. The molecule has 0 amide bonds. The molecule has 0 aliphatic carbocycles. The summed E-state index contributed by atoms with van der Waals surface area (Å²) in [6, 6.07) is 20.4. The molecular weight excluding hydrogens is 246 g/mol. The minimum absolute atomic E-state index is 0.0487. The molecule has 1 unspecified atom stereocenters. The monoisotopic (exact) mass is 269 g/mol. The summed E-state index contributed by atoms with van der Waals surface area (Å²) in [5, 5.41) is 14.0. The highest BCUT2D eigenvalue weighted by molar-refractivity contribution is 5.21. The van der Waals surface area contributed by atoms with E-state index >= 15 is 0 Å². The van der Waals surface area contributed by atoms with Crippen LogP contribution in [0.25, 0.3) is 0 Å². The van der Waals surface area contributed by atoms with Gasteiger partial charge in [0, 0.05) is 12.1 Å². The second kappa shape index (κ2) is 7.22. The lowest BCUT2D eigenvalue weighted by molar-refractivity contribution is 0.120. The summed E-state index contributed by atoms with van der Waals surface area (Å²) in [6.45, 7) is 4.23. The molecule has 2 heteroatoms. The maximum Gasteiger partial charge on any atom is 0.0943 e. The minimum Gasteiger partial charge on any atom is -0.387 e. The minimum atomic E-state index is -0.479. The fourth-order valence-corrected chi connectivity index (χ4v) is 2.47. The SMILES string of the molecule is CC[C@@H](N[C@H](C)c1ccccc1)C(O)c1ccccc1. The fraction of sp³-hybridized carbons (Fsp3) is 0.333. The van der Waals surface area contributed by atoms with Crippen molar-refractivity contribution in [2.75, 3.05) is 0 Å². The number of aliphatic hydroxyl groups excluding tert-OH is 1. The van der Waals surface area contributed by atoms with Gasteiger partial charge in [-0.05, 0) is 24.5 Å². The summed E-state index contributed by atoms with van der Waals surface area (Å²) in [5.41, 5.74) is 2.21. The lowest BCUT2D eigenvalue weighted by Crippen LogP contribution is -2.36. The number of hydrogen-bond acceptors (Lipinski definition) is 2. The molecule has 0 bridgehead atoms. The van der Waals surface area contributed by atoms with Gasteiger partial charge in [0.15, 0.2) is 0 Å². The highest BCUT2D eigenvalue weighted by Gasteiger charge is 2.21. The molecule has 2 nitrogen and oxygen atoms in total. The first kappa shape index (κ1) is 14.8. The Morgan fingerprint density at radius 2 is 1.40 bits per heavy atom. The van der Waals surface area contributed by atoms with E-state index in [1.807, 2.05) is 48.5 Å². The Balaban J connectivity index is 2.05. The molecule has 0 aliphatic rings. The second-order valence-electron chi connectivity index (χ2n) is 5.17. The highest BCUT2D eigenvalue weighted by atomic mass is 16.3. The van der Waals surface area contributed by atoms with Crippen LogP contribution in [0, 0.1) is 0 Å². The van der Waals surface area contributed by atoms with Crippen molar-refractivity contribution in [1.82, 2.24) is 5.32 Å². The summed E-state index contributed by atoms with van der Waals surface area (Å²) in [6.07, 6.45) is 0.403. The van der Waals surface area contributed by atoms with Crippen LogP contribution in [-0.2, 0) is 0 Å². The van der Waals surface area contributed by atoms with Gasteiger partial charge in [0.2, 0.25) is 0 Å². The predicted molar refractivity (Wildman–Crippen MR) is 83.5 cm³/mol. The lowest BCUT2D eigenvalue weighted by atomic mass is 9.98. The molecule has 0 saturated carbocycles. The molecule has 2 N–H and O–H groups in total. The summed E-state index contributed by atoms with van der Waals surface area (Å²) in [5.74, 6) is 0. The Bertz CT molecular complexity index is 497. The van der Waals surface area contributed by atoms with Crippen LogP contribution in [0.5, 0.6) is 0 Å². The van der Waals surface area contributed by atoms with E-state index in [-0.39, 0.29) is 12.1 Å². The molecule has 20 heavy (non-hydrogen) atoms. The number of aliphatic hydroxyl groups is 1. The summed E-state index contributed by atoms with van der Waals surface area (Å²) < 4.78 is 0. The molecule has 2 aromatic carbocycles. The van der Waals surface area contributed by atoms with Gasteiger partial charge in [-0.3, -0.25) is 0 Å². The molecule has 3 atom stereocenters. The van der Waals surface area contributed by atoms with E-state index in [2.05, 4.69) is 31.3 Å². The van der Waals surface area contributed by atoms with Crippen molar-refractivity contribution < 1.29 is 5.11 Å². The van der Waals surface area contributed by atoms with Crippen LogP contribution in [0.4, 0.5) is 0 Å². The van der Waals surface area contributed by atoms with Gasteiger partial charge in [-0.25, -0.2) is 0 Å². The quantitative estimate of drug-likeness (QED) is 0.835. The second-order valence-corrected chi connectivity index (χ2v) is 5.17. The van der Waals surface area contributed by atoms with Gasteiger partial charge in [0.25, 0.3) is 0 Å². The number of hydrogen-bond donors (Lipinski definition) is 2. The van der Waals surface area contributed by atoms with Crippen LogP contribution in [0.15, 0.2) is 60.7 Å². The number of nitrogens with one attached hydrogen (secondary N) is 1. The number of rotatable bonds is 6. The highest BCUT2D eigenvalue weighted by Crippen LogP contribution is 2.22. The van der Waals surface area contributed by atoms with Crippen LogP contribution in [0.3, 0.4) is 0 Å². The summed E-state index contributed by atoms with van der Waals surface area (Å²) in [7, 11) is 0. The maximum absolute atomic E-state index is 10.5. The van der Waals surface area contributed by atoms with Crippen LogP contribution < -0.4 is 5.32 Å². The van der Waals surface area contributed by atoms with Gasteiger partial charge in [0.1, 0.15) is 0 Å². The smallest absolute Gasteiger partial charge is 0.0943 e. The van der Waals surface area contributed by atoms with Gasteiger partial charge in [-0.1, -0.05) is 67.6 Å². The molecule has 0 spiro atoms. The van der Waals surface area contributed by atoms with Gasteiger partial charge >= 0.3 is 0 Å². The standard InChI is InChI=1S/C18H23NO/c1-3-17(18(20)16-12-8-5-9-13-16)19-14(2)15-10-6-4-7-11-15/h4-14,17-20H,3H2,1-2H3/t14-,17-,18?/m1/s1. The van der Waals surface area contributed by atoms with E-state index in [1.165, 1.54) is 5.56 Å². The van der Waals surface area contributed by atoms with Crippen molar-refractivity contribution in [2.24, 2.45) is 0 Å². The first-order valence-electron chi connectivity index (χ1n) is 7.26.